The van der Waals surface area contributed by atoms with Gasteiger partial charge in [-0.05, 0) is 55.3 Å². The zero-order chi connectivity index (χ0) is 21.2. The Morgan fingerprint density at radius 1 is 1.03 bits per heavy atom. The normalized spacial score (nSPS) is 14.6. The van der Waals surface area contributed by atoms with Crippen molar-refractivity contribution in [3.63, 3.8) is 0 Å². The monoisotopic (exact) mass is 435 g/mol. The third-order valence-corrected chi connectivity index (χ3v) is 6.84. The van der Waals surface area contributed by atoms with Gasteiger partial charge in [-0.1, -0.05) is 17.7 Å². The molecule has 2 aromatic rings. The van der Waals surface area contributed by atoms with Gasteiger partial charge in [-0.2, -0.15) is 0 Å². The molecule has 1 aliphatic rings. The second kappa shape index (κ2) is 8.42. The first-order valence-corrected chi connectivity index (χ1v) is 11.0. The molecule has 1 fully saturated rings. The Labute approximate surface area is 175 Å². The van der Waals surface area contributed by atoms with Crippen molar-refractivity contribution >= 4 is 39.6 Å². The molecule has 2 amide bonds. The highest BCUT2D eigenvalue weighted by molar-refractivity contribution is 7.92. The van der Waals surface area contributed by atoms with E-state index in [1.165, 1.54) is 18.2 Å². The fraction of sp³-hybridized carbons (Fsp3) is 0.300. The molecule has 0 radical (unpaired) electrons. The average Bonchev–Trinajstić information content (AvgIpc) is 2.70. The second-order valence-electron chi connectivity index (χ2n) is 6.98. The number of amides is 2. The van der Waals surface area contributed by atoms with E-state index in [1.807, 2.05) is 19.9 Å². The minimum atomic E-state index is -3.98. The number of aryl methyl sites for hydroxylation is 2. The van der Waals surface area contributed by atoms with Crippen LogP contribution in [-0.4, -0.2) is 56.7 Å². The van der Waals surface area contributed by atoms with Gasteiger partial charge in [0.25, 0.3) is 15.9 Å². The summed E-state index contributed by atoms with van der Waals surface area (Å²) in [5.74, 6) is -0.296. The molecular formula is C20H22ClN3O4S. The zero-order valence-electron chi connectivity index (χ0n) is 16.2. The van der Waals surface area contributed by atoms with Crippen LogP contribution in [0.3, 0.4) is 0 Å². The van der Waals surface area contributed by atoms with E-state index >= 15 is 0 Å². The summed E-state index contributed by atoms with van der Waals surface area (Å²) in [6, 6.07) is 9.45. The van der Waals surface area contributed by atoms with Crippen LogP contribution in [0.15, 0.2) is 41.3 Å². The summed E-state index contributed by atoms with van der Waals surface area (Å²) in [5, 5.41) is 0.0312. The number of benzene rings is 2. The first-order valence-electron chi connectivity index (χ1n) is 9.09. The maximum atomic E-state index is 12.9. The lowest BCUT2D eigenvalue weighted by molar-refractivity contribution is -0.119. The van der Waals surface area contributed by atoms with Crippen molar-refractivity contribution in [3.05, 3.63) is 58.1 Å². The summed E-state index contributed by atoms with van der Waals surface area (Å²) in [6.45, 7) is 5.51. The molecule has 29 heavy (non-hydrogen) atoms. The number of nitrogens with zero attached hydrogens (tertiary/aromatic N) is 2. The van der Waals surface area contributed by atoms with Crippen molar-refractivity contribution in [2.45, 2.75) is 18.7 Å². The molecule has 1 N–H and O–H groups in total. The number of sulfonamides is 1. The van der Waals surface area contributed by atoms with Gasteiger partial charge in [0.2, 0.25) is 6.41 Å². The Bertz CT molecular complexity index is 1050. The van der Waals surface area contributed by atoms with Gasteiger partial charge in [0.1, 0.15) is 4.90 Å². The van der Waals surface area contributed by atoms with Crippen LogP contribution in [0.2, 0.25) is 5.02 Å². The molecular weight excluding hydrogens is 414 g/mol. The fourth-order valence-electron chi connectivity index (χ4n) is 3.07. The molecule has 2 aromatic carbocycles. The maximum absolute atomic E-state index is 12.9. The number of anilines is 1. The molecule has 1 heterocycles. The molecule has 1 saturated heterocycles. The number of hydrogen-bond acceptors (Lipinski definition) is 4. The van der Waals surface area contributed by atoms with E-state index in [0.717, 1.165) is 17.5 Å². The quantitative estimate of drug-likeness (QED) is 0.731. The van der Waals surface area contributed by atoms with Crippen LogP contribution in [0, 0.1) is 13.8 Å². The topological polar surface area (TPSA) is 86.8 Å². The van der Waals surface area contributed by atoms with Crippen LogP contribution in [0.4, 0.5) is 5.69 Å². The molecule has 0 bridgehead atoms. The van der Waals surface area contributed by atoms with Gasteiger partial charge in [-0.3, -0.25) is 14.3 Å². The molecule has 154 valence electrons. The summed E-state index contributed by atoms with van der Waals surface area (Å²) < 4.78 is 28.3. The van der Waals surface area contributed by atoms with Crippen LogP contribution < -0.4 is 4.72 Å². The van der Waals surface area contributed by atoms with Gasteiger partial charge >= 0.3 is 0 Å². The van der Waals surface area contributed by atoms with Crippen molar-refractivity contribution in [1.29, 1.82) is 0 Å². The third kappa shape index (κ3) is 4.71. The van der Waals surface area contributed by atoms with E-state index in [0.29, 0.717) is 31.9 Å². The first kappa shape index (κ1) is 21.1. The van der Waals surface area contributed by atoms with E-state index in [1.54, 1.807) is 21.9 Å². The number of carbonyl (C=O) groups excluding carboxylic acids is 2. The highest BCUT2D eigenvalue weighted by Crippen LogP contribution is 2.26. The SMILES string of the molecule is Cc1ccc(NS(=O)(=O)c2cc(C(=O)N3CCN(C=O)CC3)ccc2Cl)cc1C. The second-order valence-corrected chi connectivity index (χ2v) is 9.04. The Morgan fingerprint density at radius 3 is 2.34 bits per heavy atom. The van der Waals surface area contributed by atoms with Crippen LogP contribution in [0.5, 0.6) is 0 Å². The van der Waals surface area contributed by atoms with Crippen LogP contribution in [0.25, 0.3) is 0 Å². The largest absolute Gasteiger partial charge is 0.342 e. The Kier molecular flexibility index (Phi) is 6.14. The molecule has 0 aromatic heterocycles. The maximum Gasteiger partial charge on any atom is 0.263 e. The van der Waals surface area contributed by atoms with E-state index in [2.05, 4.69) is 4.72 Å². The van der Waals surface area contributed by atoms with Crippen molar-refractivity contribution in [2.75, 3.05) is 30.9 Å². The van der Waals surface area contributed by atoms with Gasteiger partial charge in [0.15, 0.2) is 0 Å². The average molecular weight is 436 g/mol. The highest BCUT2D eigenvalue weighted by Gasteiger charge is 2.25. The van der Waals surface area contributed by atoms with Crippen molar-refractivity contribution in [1.82, 2.24) is 9.80 Å². The van der Waals surface area contributed by atoms with Crippen molar-refractivity contribution in [3.8, 4) is 0 Å². The van der Waals surface area contributed by atoms with Crippen LogP contribution in [-0.2, 0) is 14.8 Å². The zero-order valence-corrected chi connectivity index (χ0v) is 17.8. The lowest BCUT2D eigenvalue weighted by Crippen LogP contribution is -2.48. The smallest absolute Gasteiger partial charge is 0.263 e. The summed E-state index contributed by atoms with van der Waals surface area (Å²) >= 11 is 6.14. The molecule has 0 aliphatic carbocycles. The van der Waals surface area contributed by atoms with Crippen molar-refractivity contribution in [2.24, 2.45) is 0 Å². The standard InChI is InChI=1S/C20H22ClN3O4S/c1-14-3-5-17(11-15(14)2)22-29(27,28)19-12-16(4-6-18(19)21)20(26)24-9-7-23(13-25)8-10-24/h3-6,11-13,22H,7-10H2,1-2H3. The van der Waals surface area contributed by atoms with Gasteiger partial charge in [0.05, 0.1) is 5.02 Å². The molecule has 1 aliphatic heterocycles. The first-order chi connectivity index (χ1) is 13.7. The number of halogens is 1. The Hall–Kier alpha value is -2.58. The van der Waals surface area contributed by atoms with Gasteiger partial charge < -0.3 is 9.80 Å². The van der Waals surface area contributed by atoms with Gasteiger partial charge in [-0.25, -0.2) is 8.42 Å². The lowest BCUT2D eigenvalue weighted by atomic mass is 10.1. The predicted octanol–water partition coefficient (Wildman–Crippen LogP) is 2.67. The van der Waals surface area contributed by atoms with Gasteiger partial charge in [0, 0.05) is 37.4 Å². The third-order valence-electron chi connectivity index (χ3n) is 4.98. The van der Waals surface area contributed by atoms with E-state index in [9.17, 15) is 18.0 Å². The molecule has 0 atom stereocenters. The van der Waals surface area contributed by atoms with Gasteiger partial charge in [-0.15, -0.1) is 0 Å². The highest BCUT2D eigenvalue weighted by atomic mass is 35.5. The summed E-state index contributed by atoms with van der Waals surface area (Å²) in [6.07, 6.45) is 0.757. The summed E-state index contributed by atoms with van der Waals surface area (Å²) in [7, 11) is -3.98. The van der Waals surface area contributed by atoms with Crippen LogP contribution in [0.1, 0.15) is 21.5 Å². The molecule has 3 rings (SSSR count). The van der Waals surface area contributed by atoms with E-state index < -0.39 is 10.0 Å². The van der Waals surface area contributed by atoms with Crippen LogP contribution >= 0.6 is 11.6 Å². The molecule has 0 unspecified atom stereocenters. The van der Waals surface area contributed by atoms with E-state index in [4.69, 9.17) is 11.6 Å². The minimum Gasteiger partial charge on any atom is -0.342 e. The number of rotatable bonds is 5. The summed E-state index contributed by atoms with van der Waals surface area (Å²) in [4.78, 5) is 26.6. The molecule has 7 nitrogen and oxygen atoms in total. The number of carbonyl (C=O) groups is 2. The fourth-order valence-corrected chi connectivity index (χ4v) is 4.65. The molecule has 0 saturated carbocycles. The number of nitrogens with one attached hydrogen (secondary N) is 1. The molecule has 9 heteroatoms. The Morgan fingerprint density at radius 2 is 1.72 bits per heavy atom. The Balaban J connectivity index is 1.85. The summed E-state index contributed by atoms with van der Waals surface area (Å²) in [5.41, 5.74) is 2.66. The minimum absolute atomic E-state index is 0.0312. The number of piperazine rings is 1. The molecule has 0 spiro atoms. The number of hydrogen-bond donors (Lipinski definition) is 1. The van der Waals surface area contributed by atoms with E-state index in [-0.39, 0.29) is 21.4 Å². The van der Waals surface area contributed by atoms with Crippen molar-refractivity contribution < 1.29 is 18.0 Å². The lowest BCUT2D eigenvalue weighted by Gasteiger charge is -2.32. The predicted molar refractivity (Wildman–Crippen MR) is 112 cm³/mol.